The molecule has 19 heavy (non-hydrogen) atoms. The zero-order valence-electron chi connectivity index (χ0n) is 10.8. The lowest BCUT2D eigenvalue weighted by atomic mass is 9.91. The zero-order chi connectivity index (χ0) is 13.9. The molecule has 0 bridgehead atoms. The van der Waals surface area contributed by atoms with Crippen LogP contribution in [0.4, 0.5) is 0 Å². The first-order valence-corrected chi connectivity index (χ1v) is 8.96. The van der Waals surface area contributed by atoms with Gasteiger partial charge in [-0.15, -0.1) is 23.1 Å². The number of benzene rings is 1. The van der Waals surface area contributed by atoms with Gasteiger partial charge in [-0.05, 0) is 52.8 Å². The number of aromatic nitrogens is 1. The first-order chi connectivity index (χ1) is 9.02. The van der Waals surface area contributed by atoms with Crippen LogP contribution in [0.3, 0.4) is 0 Å². The van der Waals surface area contributed by atoms with Crippen molar-refractivity contribution in [3.63, 3.8) is 0 Å². The maximum atomic E-state index is 10.9. The number of nitrogens with zero attached hydrogens (tertiary/aromatic N) is 1. The van der Waals surface area contributed by atoms with Gasteiger partial charge < -0.3 is 5.11 Å². The van der Waals surface area contributed by atoms with E-state index in [0.29, 0.717) is 5.75 Å². The Hall–Kier alpha value is -0.110. The van der Waals surface area contributed by atoms with E-state index in [2.05, 4.69) is 51.8 Å². The van der Waals surface area contributed by atoms with Crippen LogP contribution in [0.2, 0.25) is 0 Å². The van der Waals surface area contributed by atoms with Crippen molar-refractivity contribution in [1.29, 1.82) is 0 Å². The van der Waals surface area contributed by atoms with Crippen molar-refractivity contribution in [1.82, 2.24) is 4.98 Å². The molecule has 0 saturated carbocycles. The van der Waals surface area contributed by atoms with Gasteiger partial charge in [0.15, 0.2) is 0 Å². The molecule has 102 valence electrons. The van der Waals surface area contributed by atoms with Gasteiger partial charge in [0, 0.05) is 20.4 Å². The monoisotopic (exact) mass is 405 g/mol. The highest BCUT2D eigenvalue weighted by molar-refractivity contribution is 14.1. The van der Waals surface area contributed by atoms with Crippen molar-refractivity contribution in [2.45, 2.75) is 24.3 Å². The van der Waals surface area contributed by atoms with E-state index < -0.39 is 5.60 Å². The molecule has 0 spiro atoms. The maximum Gasteiger partial charge on any atom is 0.112 e. The van der Waals surface area contributed by atoms with Crippen molar-refractivity contribution >= 4 is 45.7 Å². The molecule has 1 unspecified atom stereocenters. The van der Waals surface area contributed by atoms with Crippen LogP contribution in [0.25, 0.3) is 0 Å². The lowest BCUT2D eigenvalue weighted by Gasteiger charge is -2.30. The van der Waals surface area contributed by atoms with E-state index in [-0.39, 0.29) is 5.92 Å². The second kappa shape index (κ2) is 6.56. The summed E-state index contributed by atoms with van der Waals surface area (Å²) in [7, 11) is 0. The zero-order valence-corrected chi connectivity index (χ0v) is 14.6. The third-order valence-corrected chi connectivity index (χ3v) is 5.94. The predicted molar refractivity (Wildman–Crippen MR) is 90.7 cm³/mol. The summed E-state index contributed by atoms with van der Waals surface area (Å²) in [4.78, 5) is 6.21. The second-order valence-electron chi connectivity index (χ2n) is 4.69. The Bertz CT molecular complexity index is 513. The highest BCUT2D eigenvalue weighted by Crippen LogP contribution is 2.37. The first kappa shape index (κ1) is 15.3. The molecule has 1 N–H and O–H groups in total. The predicted octanol–water partition coefficient (Wildman–Crippen LogP) is 4.38. The third-order valence-electron chi connectivity index (χ3n) is 3.09. The molecule has 0 radical (unpaired) electrons. The van der Waals surface area contributed by atoms with Crippen molar-refractivity contribution in [3.8, 4) is 0 Å². The average Bonchev–Trinajstić information content (AvgIpc) is 2.92. The van der Waals surface area contributed by atoms with Crippen LogP contribution >= 0.6 is 45.7 Å². The van der Waals surface area contributed by atoms with Gasteiger partial charge in [0.2, 0.25) is 0 Å². The molecule has 0 saturated heterocycles. The minimum absolute atomic E-state index is 0.157. The third kappa shape index (κ3) is 3.71. The molecule has 2 nitrogen and oxygen atoms in total. The Balaban J connectivity index is 2.12. The molecular weight excluding hydrogens is 389 g/mol. The van der Waals surface area contributed by atoms with Crippen molar-refractivity contribution in [2.24, 2.45) is 5.92 Å². The molecule has 2 aromatic rings. The molecule has 0 aliphatic heterocycles. The van der Waals surface area contributed by atoms with Gasteiger partial charge >= 0.3 is 0 Å². The molecule has 0 aliphatic rings. The van der Waals surface area contributed by atoms with Crippen molar-refractivity contribution in [2.75, 3.05) is 5.75 Å². The first-order valence-electron chi connectivity index (χ1n) is 6.02. The van der Waals surface area contributed by atoms with Gasteiger partial charge in [0.05, 0.1) is 10.4 Å². The fourth-order valence-electron chi connectivity index (χ4n) is 1.68. The fourth-order valence-corrected chi connectivity index (χ4v) is 4.20. The van der Waals surface area contributed by atoms with Crippen LogP contribution in [0.5, 0.6) is 0 Å². The van der Waals surface area contributed by atoms with Gasteiger partial charge in [-0.3, -0.25) is 4.98 Å². The van der Waals surface area contributed by atoms with Crippen LogP contribution in [0.1, 0.15) is 18.7 Å². The Morgan fingerprint density at radius 2 is 2.05 bits per heavy atom. The molecule has 2 rings (SSSR count). The Morgan fingerprint density at radius 3 is 2.58 bits per heavy atom. The van der Waals surface area contributed by atoms with Crippen LogP contribution in [0, 0.1) is 9.49 Å². The van der Waals surface area contributed by atoms with Gasteiger partial charge in [0.25, 0.3) is 0 Å². The van der Waals surface area contributed by atoms with E-state index in [0.717, 1.165) is 4.88 Å². The van der Waals surface area contributed by atoms with E-state index in [1.165, 1.54) is 19.8 Å². The molecular formula is C14H16INOS2. The number of hydrogen-bond acceptors (Lipinski definition) is 4. The van der Waals surface area contributed by atoms with E-state index in [4.69, 9.17) is 0 Å². The molecule has 1 aromatic carbocycles. The quantitative estimate of drug-likeness (QED) is 0.592. The van der Waals surface area contributed by atoms with Gasteiger partial charge in [-0.1, -0.05) is 13.8 Å². The fraction of sp³-hybridized carbons (Fsp3) is 0.357. The van der Waals surface area contributed by atoms with E-state index >= 15 is 0 Å². The number of rotatable bonds is 5. The van der Waals surface area contributed by atoms with E-state index in [9.17, 15) is 5.11 Å². The summed E-state index contributed by atoms with van der Waals surface area (Å²) in [6.45, 7) is 4.10. The maximum absolute atomic E-state index is 10.9. The highest BCUT2D eigenvalue weighted by Gasteiger charge is 2.34. The second-order valence-corrected chi connectivity index (χ2v) is 7.87. The summed E-state index contributed by atoms with van der Waals surface area (Å²) < 4.78 is 1.23. The smallest absolute Gasteiger partial charge is 0.112 e. The summed E-state index contributed by atoms with van der Waals surface area (Å²) >= 11 is 5.50. The SMILES string of the molecule is CC(C)C(O)(CSc1ccc(I)cc1)c1cncs1. The Labute approximate surface area is 135 Å². The molecule has 5 heteroatoms. The van der Waals surface area contributed by atoms with Gasteiger partial charge in [0.1, 0.15) is 5.60 Å². The largest absolute Gasteiger partial charge is 0.383 e. The number of hydrogen-bond donors (Lipinski definition) is 1. The Kier molecular flexibility index (Phi) is 5.28. The summed E-state index contributed by atoms with van der Waals surface area (Å²) in [5.41, 5.74) is 0.965. The molecule has 1 heterocycles. The van der Waals surface area contributed by atoms with Crippen LogP contribution < -0.4 is 0 Å². The standard InChI is InChI=1S/C14H16INOS2/c1-10(2)14(17,13-7-16-9-19-13)8-18-12-5-3-11(15)4-6-12/h3-7,9-10,17H,8H2,1-2H3. The number of thioether (sulfide) groups is 1. The topological polar surface area (TPSA) is 33.1 Å². The van der Waals surface area contributed by atoms with Gasteiger partial charge in [-0.2, -0.15) is 0 Å². The average molecular weight is 405 g/mol. The minimum Gasteiger partial charge on any atom is -0.383 e. The molecule has 0 amide bonds. The number of thiazole rings is 1. The summed E-state index contributed by atoms with van der Waals surface area (Å²) in [6.07, 6.45) is 1.78. The summed E-state index contributed by atoms with van der Waals surface area (Å²) in [5.74, 6) is 0.803. The van der Waals surface area contributed by atoms with E-state index in [1.54, 1.807) is 23.5 Å². The van der Waals surface area contributed by atoms with Crippen LogP contribution in [0.15, 0.2) is 40.9 Å². The minimum atomic E-state index is -0.811. The lowest BCUT2D eigenvalue weighted by Crippen LogP contribution is -2.33. The van der Waals surface area contributed by atoms with Crippen LogP contribution in [-0.4, -0.2) is 15.8 Å². The molecule has 0 fully saturated rings. The van der Waals surface area contributed by atoms with Crippen molar-refractivity contribution < 1.29 is 5.11 Å². The molecule has 0 aliphatic carbocycles. The van der Waals surface area contributed by atoms with E-state index in [1.807, 2.05) is 13.8 Å². The van der Waals surface area contributed by atoms with Gasteiger partial charge in [-0.25, -0.2) is 0 Å². The Morgan fingerprint density at radius 1 is 1.37 bits per heavy atom. The van der Waals surface area contributed by atoms with Crippen molar-refractivity contribution in [3.05, 3.63) is 44.4 Å². The number of halogens is 1. The highest BCUT2D eigenvalue weighted by atomic mass is 127. The summed E-state index contributed by atoms with van der Waals surface area (Å²) in [6, 6.07) is 8.37. The summed E-state index contributed by atoms with van der Waals surface area (Å²) in [5, 5.41) is 10.9. The molecule has 1 aromatic heterocycles. The molecule has 1 atom stereocenters. The number of aliphatic hydroxyl groups is 1. The van der Waals surface area contributed by atoms with Crippen LogP contribution in [-0.2, 0) is 5.60 Å². The normalized spacial score (nSPS) is 14.6. The lowest BCUT2D eigenvalue weighted by molar-refractivity contribution is 0.0176.